The van der Waals surface area contributed by atoms with Gasteiger partial charge in [-0.1, -0.05) is 11.6 Å². The number of hydrogen-bond donors (Lipinski definition) is 1. The van der Waals surface area contributed by atoms with E-state index in [1.165, 1.54) is 23.5 Å². The zero-order chi connectivity index (χ0) is 15.6. The Hall–Kier alpha value is -1.71. The fraction of sp³-hybridized carbons (Fsp3) is 0.214. The van der Waals surface area contributed by atoms with Crippen molar-refractivity contribution in [3.63, 3.8) is 0 Å². The third kappa shape index (κ3) is 3.69. The Kier molecular flexibility index (Phi) is 4.45. The molecule has 1 heterocycles. The van der Waals surface area contributed by atoms with Gasteiger partial charge in [0.1, 0.15) is 0 Å². The Labute approximate surface area is 128 Å². The first-order valence-corrected chi connectivity index (χ1v) is 7.14. The molecule has 0 fully saturated rings. The van der Waals surface area contributed by atoms with Crippen LogP contribution >= 0.6 is 22.9 Å². The normalized spacial score (nSPS) is 12.8. The summed E-state index contributed by atoms with van der Waals surface area (Å²) in [6, 6.07) is 8.50. The zero-order valence-corrected chi connectivity index (χ0v) is 12.4. The highest BCUT2D eigenvalue weighted by atomic mass is 35.5. The number of hydrogen-bond acceptors (Lipinski definition) is 3. The smallest absolute Gasteiger partial charge is 0.378 e. The molecule has 21 heavy (non-hydrogen) atoms. The van der Waals surface area contributed by atoms with Crippen molar-refractivity contribution in [3.8, 4) is 6.07 Å². The zero-order valence-electron chi connectivity index (χ0n) is 10.8. The highest BCUT2D eigenvalue weighted by Gasteiger charge is 2.33. The average Bonchev–Trinajstić information content (AvgIpc) is 2.84. The highest BCUT2D eigenvalue weighted by molar-refractivity contribution is 7.16. The molecular weight excluding hydrogens is 321 g/mol. The van der Waals surface area contributed by atoms with Gasteiger partial charge in [0, 0.05) is 10.6 Å². The summed E-state index contributed by atoms with van der Waals surface area (Å²) < 4.78 is 38.8. The lowest BCUT2D eigenvalue weighted by Crippen LogP contribution is -2.10. The van der Waals surface area contributed by atoms with E-state index >= 15 is 0 Å². The van der Waals surface area contributed by atoms with Gasteiger partial charge >= 0.3 is 6.18 Å². The Balaban J connectivity index is 2.24. The molecule has 1 N–H and O–H groups in total. The van der Waals surface area contributed by atoms with Gasteiger partial charge in [0.2, 0.25) is 0 Å². The van der Waals surface area contributed by atoms with Gasteiger partial charge in [0.05, 0.1) is 27.6 Å². The van der Waals surface area contributed by atoms with Crippen LogP contribution in [0.5, 0.6) is 0 Å². The number of halogens is 4. The lowest BCUT2D eigenvalue weighted by Gasteiger charge is -2.15. The number of nitriles is 1. The number of thiophene rings is 1. The number of rotatable bonds is 3. The Morgan fingerprint density at radius 1 is 1.29 bits per heavy atom. The molecule has 7 heteroatoms. The van der Waals surface area contributed by atoms with E-state index < -0.39 is 17.3 Å². The van der Waals surface area contributed by atoms with Crippen LogP contribution in [0, 0.1) is 11.3 Å². The second-order valence-corrected chi connectivity index (χ2v) is 6.12. The Morgan fingerprint density at radius 2 is 2.00 bits per heavy atom. The molecule has 1 aromatic carbocycles. The summed E-state index contributed by atoms with van der Waals surface area (Å²) in [5.74, 6) is 0. The van der Waals surface area contributed by atoms with E-state index in [0.717, 1.165) is 10.9 Å². The van der Waals surface area contributed by atoms with Gasteiger partial charge < -0.3 is 5.32 Å². The number of nitrogens with one attached hydrogen (secondary N) is 1. The van der Waals surface area contributed by atoms with Crippen LogP contribution in [0.2, 0.25) is 4.34 Å². The fourth-order valence-electron chi connectivity index (χ4n) is 1.86. The third-order valence-electron chi connectivity index (χ3n) is 2.85. The van der Waals surface area contributed by atoms with Crippen LogP contribution in [0.25, 0.3) is 0 Å². The highest BCUT2D eigenvalue weighted by Crippen LogP contribution is 2.34. The maximum atomic E-state index is 12.7. The van der Waals surface area contributed by atoms with Gasteiger partial charge in [-0.15, -0.1) is 11.3 Å². The van der Waals surface area contributed by atoms with Crippen LogP contribution in [-0.4, -0.2) is 0 Å². The van der Waals surface area contributed by atoms with Crippen molar-refractivity contribution in [1.82, 2.24) is 0 Å². The quantitative estimate of drug-likeness (QED) is 0.810. The van der Waals surface area contributed by atoms with Gasteiger partial charge in [-0.25, -0.2) is 0 Å². The lowest BCUT2D eigenvalue weighted by atomic mass is 10.1. The second-order valence-electron chi connectivity index (χ2n) is 4.38. The van der Waals surface area contributed by atoms with E-state index in [1.807, 2.05) is 13.0 Å². The van der Waals surface area contributed by atoms with Crippen LogP contribution in [0.15, 0.2) is 30.3 Å². The van der Waals surface area contributed by atoms with E-state index in [4.69, 9.17) is 16.9 Å². The molecule has 0 bridgehead atoms. The third-order valence-corrected chi connectivity index (χ3v) is 4.26. The molecule has 1 aromatic heterocycles. The van der Waals surface area contributed by atoms with Gasteiger partial charge in [-0.2, -0.15) is 18.4 Å². The number of nitrogens with zero attached hydrogens (tertiary/aromatic N) is 1. The average molecular weight is 331 g/mol. The lowest BCUT2D eigenvalue weighted by molar-refractivity contribution is -0.137. The van der Waals surface area contributed by atoms with Crippen molar-refractivity contribution >= 4 is 28.6 Å². The van der Waals surface area contributed by atoms with Crippen molar-refractivity contribution in [2.75, 3.05) is 5.32 Å². The minimum Gasteiger partial charge on any atom is -0.378 e. The summed E-state index contributed by atoms with van der Waals surface area (Å²) in [5, 5.41) is 11.9. The van der Waals surface area contributed by atoms with Gasteiger partial charge in [-0.3, -0.25) is 0 Å². The molecule has 0 saturated heterocycles. The molecule has 1 unspecified atom stereocenters. The summed E-state index contributed by atoms with van der Waals surface area (Å²) in [6.45, 7) is 1.87. The molecule has 0 saturated carbocycles. The van der Waals surface area contributed by atoms with Crippen LogP contribution in [-0.2, 0) is 6.18 Å². The molecule has 2 nitrogen and oxygen atoms in total. The maximum absolute atomic E-state index is 12.7. The molecule has 1 atom stereocenters. The van der Waals surface area contributed by atoms with Gasteiger partial charge in [-0.05, 0) is 37.3 Å². The second kappa shape index (κ2) is 5.96. The largest absolute Gasteiger partial charge is 0.417 e. The summed E-state index contributed by atoms with van der Waals surface area (Å²) in [6.07, 6.45) is -4.53. The standard InChI is InChI=1S/C14H10ClF3N2S/c1-8(12-4-5-13(15)21-12)20-10-2-3-11(14(16,17)18)9(6-10)7-19/h2-6,8,20H,1H3. The van der Waals surface area contributed by atoms with Crippen molar-refractivity contribution in [2.24, 2.45) is 0 Å². The van der Waals surface area contributed by atoms with Crippen molar-refractivity contribution in [3.05, 3.63) is 50.7 Å². The van der Waals surface area contributed by atoms with Gasteiger partial charge in [0.15, 0.2) is 0 Å². The molecule has 2 aromatic rings. The monoisotopic (exact) mass is 330 g/mol. The summed E-state index contributed by atoms with van der Waals surface area (Å²) in [7, 11) is 0. The van der Waals surface area contributed by atoms with Gasteiger partial charge in [0.25, 0.3) is 0 Å². The molecule has 2 rings (SSSR count). The molecule has 0 spiro atoms. The van der Waals surface area contributed by atoms with Crippen LogP contribution < -0.4 is 5.32 Å². The van der Waals surface area contributed by atoms with E-state index in [1.54, 1.807) is 12.1 Å². The predicted octanol–water partition coefficient (Wildman–Crippen LogP) is 5.47. The van der Waals surface area contributed by atoms with Crippen molar-refractivity contribution < 1.29 is 13.2 Å². The summed E-state index contributed by atoms with van der Waals surface area (Å²) in [4.78, 5) is 0.957. The van der Waals surface area contributed by atoms with E-state index in [-0.39, 0.29) is 6.04 Å². The Bertz CT molecular complexity index is 688. The minimum absolute atomic E-state index is 0.120. The SMILES string of the molecule is CC(Nc1ccc(C(F)(F)F)c(C#N)c1)c1ccc(Cl)s1. The maximum Gasteiger partial charge on any atom is 0.417 e. The van der Waals surface area contributed by atoms with Crippen molar-refractivity contribution in [2.45, 2.75) is 19.1 Å². The van der Waals surface area contributed by atoms with Crippen LogP contribution in [0.4, 0.5) is 18.9 Å². The summed E-state index contributed by atoms with van der Waals surface area (Å²) >= 11 is 7.24. The predicted molar refractivity (Wildman–Crippen MR) is 77.5 cm³/mol. The number of alkyl halides is 3. The number of benzene rings is 1. The molecule has 0 aliphatic carbocycles. The minimum atomic E-state index is -4.53. The van der Waals surface area contributed by atoms with E-state index in [9.17, 15) is 13.2 Å². The first-order chi connectivity index (χ1) is 9.81. The van der Waals surface area contributed by atoms with Crippen molar-refractivity contribution in [1.29, 1.82) is 5.26 Å². The number of anilines is 1. The molecule has 110 valence electrons. The fourth-order valence-corrected chi connectivity index (χ4v) is 2.92. The Morgan fingerprint density at radius 3 is 2.52 bits per heavy atom. The summed E-state index contributed by atoms with van der Waals surface area (Å²) in [5.41, 5.74) is -0.872. The first kappa shape index (κ1) is 15.7. The van der Waals surface area contributed by atoms with E-state index in [0.29, 0.717) is 10.0 Å². The molecule has 0 aliphatic rings. The van der Waals surface area contributed by atoms with E-state index in [2.05, 4.69) is 5.32 Å². The molecule has 0 aliphatic heterocycles. The topological polar surface area (TPSA) is 35.8 Å². The molecular formula is C14H10ClF3N2S. The van der Waals surface area contributed by atoms with Crippen LogP contribution in [0.1, 0.15) is 29.0 Å². The molecule has 0 amide bonds. The first-order valence-electron chi connectivity index (χ1n) is 5.94. The van der Waals surface area contributed by atoms with Crippen LogP contribution in [0.3, 0.4) is 0 Å². The molecule has 0 radical (unpaired) electrons.